The zero-order valence-electron chi connectivity index (χ0n) is 15.8. The van der Waals surface area contributed by atoms with E-state index in [4.69, 9.17) is 15.9 Å². The van der Waals surface area contributed by atoms with Crippen molar-refractivity contribution >= 4 is 5.78 Å². The number of hydrogen-bond acceptors (Lipinski definition) is 3. The highest BCUT2D eigenvalue weighted by molar-refractivity contribution is 5.92. The minimum Gasteiger partial charge on any atom is -0.347 e. The van der Waals surface area contributed by atoms with E-state index in [1.165, 1.54) is 5.57 Å². The van der Waals surface area contributed by atoms with Crippen LogP contribution in [-0.4, -0.2) is 24.8 Å². The van der Waals surface area contributed by atoms with Gasteiger partial charge in [-0.1, -0.05) is 26.3 Å². The van der Waals surface area contributed by atoms with E-state index in [0.29, 0.717) is 25.6 Å². The molecule has 1 saturated heterocycles. The number of ketones is 1. The van der Waals surface area contributed by atoms with Crippen LogP contribution < -0.4 is 0 Å². The minimum absolute atomic E-state index is 0.00917. The fraction of sp³-hybridized carbons (Fsp3) is 0.773. The van der Waals surface area contributed by atoms with Gasteiger partial charge in [0.25, 0.3) is 0 Å². The Morgan fingerprint density at radius 1 is 1.16 bits per heavy atom. The van der Waals surface area contributed by atoms with Crippen molar-refractivity contribution in [3.63, 3.8) is 0 Å². The molecule has 3 fully saturated rings. The average Bonchev–Trinajstić information content (AvgIpc) is 3.04. The van der Waals surface area contributed by atoms with Gasteiger partial charge in [0, 0.05) is 30.1 Å². The molecule has 25 heavy (non-hydrogen) atoms. The van der Waals surface area contributed by atoms with Gasteiger partial charge < -0.3 is 9.47 Å². The van der Waals surface area contributed by atoms with E-state index in [2.05, 4.69) is 26.7 Å². The van der Waals surface area contributed by atoms with Crippen molar-refractivity contribution in [2.75, 3.05) is 13.2 Å². The number of fused-ring (bicyclic) bond motifs is 3. The lowest BCUT2D eigenvalue weighted by Gasteiger charge is -2.64. The number of hydrogen-bond donors (Lipinski definition) is 0. The third kappa shape index (κ3) is 2.17. The van der Waals surface area contributed by atoms with Crippen molar-refractivity contribution in [1.29, 1.82) is 0 Å². The second-order valence-electron chi connectivity index (χ2n) is 9.37. The van der Waals surface area contributed by atoms with Crippen LogP contribution in [0, 0.1) is 34.5 Å². The summed E-state index contributed by atoms with van der Waals surface area (Å²) >= 11 is 0. The van der Waals surface area contributed by atoms with Gasteiger partial charge >= 0.3 is 0 Å². The second kappa shape index (κ2) is 5.44. The van der Waals surface area contributed by atoms with Crippen LogP contribution in [0.5, 0.6) is 0 Å². The normalized spacial score (nSPS) is 41.6. The van der Waals surface area contributed by atoms with E-state index >= 15 is 0 Å². The molecular weight excluding hydrogens is 312 g/mol. The molecule has 4 aliphatic rings. The summed E-state index contributed by atoms with van der Waals surface area (Å²) in [6.07, 6.45) is 14.2. The summed E-state index contributed by atoms with van der Waals surface area (Å²) in [7, 11) is 0. The molecular formula is C22H30O3. The Labute approximate surface area is 151 Å². The highest BCUT2D eigenvalue weighted by Gasteiger charge is 2.66. The molecule has 1 heterocycles. The number of carbonyl (C=O) groups excluding carboxylic acids is 1. The van der Waals surface area contributed by atoms with Crippen LogP contribution in [0.15, 0.2) is 11.6 Å². The van der Waals surface area contributed by atoms with Gasteiger partial charge in [0.2, 0.25) is 0 Å². The smallest absolute Gasteiger partial charge is 0.173 e. The van der Waals surface area contributed by atoms with Crippen molar-refractivity contribution in [2.45, 2.75) is 71.5 Å². The van der Waals surface area contributed by atoms with Gasteiger partial charge in [-0.15, -0.1) is 12.3 Å². The molecule has 1 aliphatic heterocycles. The Balaban J connectivity index is 1.79. The first-order chi connectivity index (χ1) is 11.8. The van der Waals surface area contributed by atoms with Crippen LogP contribution in [0.2, 0.25) is 0 Å². The van der Waals surface area contributed by atoms with E-state index in [0.717, 1.165) is 38.5 Å². The van der Waals surface area contributed by atoms with Crippen LogP contribution >= 0.6 is 0 Å². The van der Waals surface area contributed by atoms with Gasteiger partial charge in [-0.3, -0.25) is 4.79 Å². The molecule has 0 aromatic carbocycles. The van der Waals surface area contributed by atoms with Gasteiger partial charge in [-0.25, -0.2) is 0 Å². The van der Waals surface area contributed by atoms with Crippen molar-refractivity contribution in [2.24, 2.45) is 22.2 Å². The molecule has 0 radical (unpaired) electrons. The number of terminal acetylenes is 1. The maximum atomic E-state index is 12.3. The Morgan fingerprint density at radius 3 is 2.56 bits per heavy atom. The van der Waals surface area contributed by atoms with Gasteiger partial charge in [-0.2, -0.15) is 0 Å². The quantitative estimate of drug-likeness (QED) is 0.668. The zero-order valence-corrected chi connectivity index (χ0v) is 15.8. The maximum absolute atomic E-state index is 12.3. The van der Waals surface area contributed by atoms with Crippen LogP contribution in [-0.2, 0) is 14.3 Å². The third-order valence-corrected chi connectivity index (χ3v) is 8.04. The molecule has 2 saturated carbocycles. The van der Waals surface area contributed by atoms with Crippen LogP contribution in [0.1, 0.15) is 65.7 Å². The molecule has 0 N–H and O–H groups in total. The summed E-state index contributed by atoms with van der Waals surface area (Å²) < 4.78 is 12.4. The Morgan fingerprint density at radius 2 is 1.88 bits per heavy atom. The summed E-state index contributed by atoms with van der Waals surface area (Å²) in [6.45, 7) is 8.36. The largest absolute Gasteiger partial charge is 0.347 e. The number of allylic oxidation sites excluding steroid dienone is 2. The van der Waals surface area contributed by atoms with Crippen molar-refractivity contribution < 1.29 is 14.3 Å². The molecule has 3 atom stereocenters. The topological polar surface area (TPSA) is 35.5 Å². The minimum atomic E-state index is -0.456. The Kier molecular flexibility index (Phi) is 3.77. The third-order valence-electron chi connectivity index (χ3n) is 8.04. The molecule has 0 amide bonds. The first-order valence-corrected chi connectivity index (χ1v) is 9.77. The van der Waals surface area contributed by atoms with Gasteiger partial charge in [0.1, 0.15) is 0 Å². The number of carbonyl (C=O) groups is 1. The Hall–Kier alpha value is -1.11. The maximum Gasteiger partial charge on any atom is 0.173 e. The zero-order chi connectivity index (χ0) is 17.9. The van der Waals surface area contributed by atoms with Crippen molar-refractivity contribution in [1.82, 2.24) is 0 Å². The van der Waals surface area contributed by atoms with Crippen molar-refractivity contribution in [3.8, 4) is 12.3 Å². The van der Waals surface area contributed by atoms with Crippen LogP contribution in [0.4, 0.5) is 0 Å². The lowest BCUT2D eigenvalue weighted by Crippen LogP contribution is -2.62. The second-order valence-corrected chi connectivity index (χ2v) is 9.37. The molecule has 0 bridgehead atoms. The van der Waals surface area contributed by atoms with Crippen LogP contribution in [0.25, 0.3) is 0 Å². The van der Waals surface area contributed by atoms with E-state index in [9.17, 15) is 4.79 Å². The molecule has 3 aliphatic carbocycles. The monoisotopic (exact) mass is 342 g/mol. The summed E-state index contributed by atoms with van der Waals surface area (Å²) in [6, 6.07) is 0. The van der Waals surface area contributed by atoms with Crippen LogP contribution in [0.3, 0.4) is 0 Å². The predicted octanol–water partition coefficient (Wildman–Crippen LogP) is 4.26. The van der Waals surface area contributed by atoms with E-state index in [1.54, 1.807) is 0 Å². The lowest BCUT2D eigenvalue weighted by atomic mass is 9.42. The summed E-state index contributed by atoms with van der Waals surface area (Å²) in [4.78, 5) is 12.3. The molecule has 136 valence electrons. The summed E-state index contributed by atoms with van der Waals surface area (Å²) in [5.74, 6) is 3.18. The van der Waals surface area contributed by atoms with Gasteiger partial charge in [-0.05, 0) is 43.1 Å². The predicted molar refractivity (Wildman–Crippen MR) is 96.7 cm³/mol. The highest BCUT2D eigenvalue weighted by atomic mass is 16.7. The molecule has 3 nitrogen and oxygen atoms in total. The first kappa shape index (κ1) is 17.3. The molecule has 0 aromatic heterocycles. The molecule has 0 unspecified atom stereocenters. The number of rotatable bonds is 1. The van der Waals surface area contributed by atoms with Crippen molar-refractivity contribution in [3.05, 3.63) is 11.6 Å². The standard InChI is InChI=1S/C22H30O3/c1-5-8-21-9-6-16(23)15-18(21)20(4)11-12-22(24-13-14-25-22)19(2,3)17(20)7-10-21/h1,15,17H,6-14H2,2-4H3/t17-,20-,21+/m0/s1. The lowest BCUT2D eigenvalue weighted by molar-refractivity contribution is -0.285. The van der Waals surface area contributed by atoms with Gasteiger partial charge in [0.05, 0.1) is 13.2 Å². The first-order valence-electron chi connectivity index (χ1n) is 9.77. The van der Waals surface area contributed by atoms with E-state index in [-0.39, 0.29) is 22.0 Å². The van der Waals surface area contributed by atoms with Gasteiger partial charge in [0.15, 0.2) is 11.6 Å². The molecule has 1 spiro atoms. The van der Waals surface area contributed by atoms with E-state index < -0.39 is 5.79 Å². The summed E-state index contributed by atoms with van der Waals surface area (Å²) in [5, 5.41) is 0. The molecule has 3 heteroatoms. The molecule has 0 aromatic rings. The molecule has 4 rings (SSSR count). The van der Waals surface area contributed by atoms with E-state index in [1.807, 2.05) is 6.08 Å². The highest BCUT2D eigenvalue weighted by Crippen LogP contribution is 2.69. The SMILES string of the molecule is C#CC[C@]12CCC(=O)C=C1[C@@]1(C)CCC3(OCCO3)C(C)(C)[C@@H]1CC2. The average molecular weight is 342 g/mol. The summed E-state index contributed by atoms with van der Waals surface area (Å²) in [5.41, 5.74) is 1.30. The fourth-order valence-electron chi connectivity index (χ4n) is 6.76. The fourth-order valence-corrected chi connectivity index (χ4v) is 6.76. The number of ether oxygens (including phenoxy) is 2. The Bertz CT molecular complexity index is 661.